The highest BCUT2D eigenvalue weighted by atomic mass is 35.5. The minimum Gasteiger partial charge on any atom is -0.325 e. The number of nitrogens with one attached hydrogen (secondary N) is 1. The van der Waals surface area contributed by atoms with E-state index < -0.39 is 10.0 Å². The van der Waals surface area contributed by atoms with Crippen molar-refractivity contribution in [1.29, 1.82) is 0 Å². The number of benzene rings is 2. The number of carbonyl (C=O) groups is 1. The lowest BCUT2D eigenvalue weighted by molar-refractivity contribution is -0.121. The molecule has 0 saturated carbocycles. The molecule has 1 heterocycles. The molecule has 2 aromatic rings. The first-order valence-electron chi connectivity index (χ1n) is 9.15. The second-order valence-corrected chi connectivity index (χ2v) is 9.31. The molecule has 3 rings (SSSR count). The number of halogens is 1. The number of aryl methyl sites for hydroxylation is 1. The fourth-order valence-corrected chi connectivity index (χ4v) is 4.97. The van der Waals surface area contributed by atoms with Gasteiger partial charge in [0, 0.05) is 36.9 Å². The average molecular weight is 422 g/mol. The van der Waals surface area contributed by atoms with Crippen LogP contribution in [0.15, 0.2) is 53.4 Å². The molecule has 1 saturated heterocycles. The van der Waals surface area contributed by atoms with Crippen LogP contribution in [0.5, 0.6) is 0 Å². The van der Waals surface area contributed by atoms with E-state index in [-0.39, 0.29) is 16.8 Å². The zero-order chi connectivity index (χ0) is 20.3. The van der Waals surface area contributed by atoms with Crippen molar-refractivity contribution in [3.05, 3.63) is 59.1 Å². The second kappa shape index (κ2) is 8.61. The Kier molecular flexibility index (Phi) is 6.40. The standard InChI is InChI=1S/C20H24ClN3O3S/c1-15-5-3-7-18(13-15)22-20(25)16(2)23-9-11-24(12-10-23)28(26,27)19-8-4-6-17(21)14-19/h3-8,13-14,16H,9-12H2,1-2H3,(H,22,25). The van der Waals surface area contributed by atoms with Crippen LogP contribution in [0.2, 0.25) is 5.02 Å². The number of sulfonamides is 1. The number of piperazine rings is 1. The molecule has 1 amide bonds. The summed E-state index contributed by atoms with van der Waals surface area (Å²) in [5.74, 6) is -0.100. The van der Waals surface area contributed by atoms with Gasteiger partial charge in [-0.05, 0) is 49.7 Å². The van der Waals surface area contributed by atoms with Crippen molar-refractivity contribution in [2.75, 3.05) is 31.5 Å². The molecule has 1 aliphatic heterocycles. The van der Waals surface area contributed by atoms with E-state index in [9.17, 15) is 13.2 Å². The molecule has 0 spiro atoms. The Morgan fingerprint density at radius 2 is 1.75 bits per heavy atom. The number of nitrogens with zero attached hydrogens (tertiary/aromatic N) is 2. The van der Waals surface area contributed by atoms with Gasteiger partial charge in [-0.2, -0.15) is 4.31 Å². The van der Waals surface area contributed by atoms with Crippen LogP contribution < -0.4 is 5.32 Å². The third kappa shape index (κ3) is 4.72. The van der Waals surface area contributed by atoms with Crippen LogP contribution in [0.3, 0.4) is 0 Å². The lowest BCUT2D eigenvalue weighted by Gasteiger charge is -2.36. The molecule has 1 fully saturated rings. The number of carbonyl (C=O) groups excluding carboxylic acids is 1. The van der Waals surface area contributed by atoms with Crippen LogP contribution in [0.25, 0.3) is 0 Å². The zero-order valence-corrected chi connectivity index (χ0v) is 17.5. The normalized spacial score (nSPS) is 17.2. The molecule has 0 aromatic heterocycles. The van der Waals surface area contributed by atoms with Gasteiger partial charge in [-0.15, -0.1) is 0 Å². The minimum atomic E-state index is -3.59. The smallest absolute Gasteiger partial charge is 0.243 e. The van der Waals surface area contributed by atoms with Gasteiger partial charge in [0.25, 0.3) is 0 Å². The molecule has 1 atom stereocenters. The molecule has 0 radical (unpaired) electrons. The lowest BCUT2D eigenvalue weighted by Crippen LogP contribution is -2.53. The summed E-state index contributed by atoms with van der Waals surface area (Å²) in [5, 5.41) is 3.32. The molecule has 2 aromatic carbocycles. The van der Waals surface area contributed by atoms with Crippen molar-refractivity contribution in [2.24, 2.45) is 0 Å². The van der Waals surface area contributed by atoms with Gasteiger partial charge in [-0.3, -0.25) is 9.69 Å². The highest BCUT2D eigenvalue weighted by molar-refractivity contribution is 7.89. The third-order valence-corrected chi connectivity index (χ3v) is 7.05. The first-order valence-corrected chi connectivity index (χ1v) is 11.0. The van der Waals surface area contributed by atoms with E-state index in [0.29, 0.717) is 31.2 Å². The van der Waals surface area contributed by atoms with Gasteiger partial charge in [0.1, 0.15) is 0 Å². The maximum Gasteiger partial charge on any atom is 0.243 e. The summed E-state index contributed by atoms with van der Waals surface area (Å²) in [6.07, 6.45) is 0. The van der Waals surface area contributed by atoms with Crippen LogP contribution in [0.1, 0.15) is 12.5 Å². The fraction of sp³-hybridized carbons (Fsp3) is 0.350. The van der Waals surface area contributed by atoms with Gasteiger partial charge in [0.15, 0.2) is 0 Å². The van der Waals surface area contributed by atoms with Crippen LogP contribution >= 0.6 is 11.6 Å². The topological polar surface area (TPSA) is 69.7 Å². The predicted octanol–water partition coefficient (Wildman–Crippen LogP) is 2.98. The Bertz CT molecular complexity index is 957. The largest absolute Gasteiger partial charge is 0.325 e. The SMILES string of the molecule is Cc1cccc(NC(=O)C(C)N2CCN(S(=O)(=O)c3cccc(Cl)c3)CC2)c1. The Morgan fingerprint density at radius 1 is 1.07 bits per heavy atom. The molecule has 28 heavy (non-hydrogen) atoms. The summed E-state index contributed by atoms with van der Waals surface area (Å²) in [7, 11) is -3.59. The lowest BCUT2D eigenvalue weighted by atomic mass is 10.2. The number of hydrogen-bond acceptors (Lipinski definition) is 4. The fourth-order valence-electron chi connectivity index (χ4n) is 3.24. The molecule has 0 aliphatic carbocycles. The number of anilines is 1. The van der Waals surface area contributed by atoms with Gasteiger partial charge in [0.05, 0.1) is 10.9 Å². The molecule has 6 nitrogen and oxygen atoms in total. The molecule has 1 N–H and O–H groups in total. The molecule has 8 heteroatoms. The Morgan fingerprint density at radius 3 is 2.39 bits per heavy atom. The summed E-state index contributed by atoms with van der Waals surface area (Å²) in [6, 6.07) is 13.6. The maximum absolute atomic E-state index is 12.8. The average Bonchev–Trinajstić information content (AvgIpc) is 2.67. The van der Waals surface area contributed by atoms with E-state index in [1.165, 1.54) is 10.4 Å². The van der Waals surface area contributed by atoms with Crippen molar-refractivity contribution in [3.63, 3.8) is 0 Å². The first-order chi connectivity index (χ1) is 13.3. The number of amides is 1. The van der Waals surface area contributed by atoms with Crippen LogP contribution in [0.4, 0.5) is 5.69 Å². The summed E-state index contributed by atoms with van der Waals surface area (Å²) in [6.45, 7) is 5.45. The molecule has 0 bridgehead atoms. The van der Waals surface area contributed by atoms with E-state index >= 15 is 0 Å². The van der Waals surface area contributed by atoms with Gasteiger partial charge in [-0.1, -0.05) is 29.8 Å². The van der Waals surface area contributed by atoms with Crippen molar-refractivity contribution in [1.82, 2.24) is 9.21 Å². The third-order valence-electron chi connectivity index (χ3n) is 4.92. The second-order valence-electron chi connectivity index (χ2n) is 6.93. The Labute approximate surface area is 171 Å². The van der Waals surface area contributed by atoms with Gasteiger partial charge >= 0.3 is 0 Å². The van der Waals surface area contributed by atoms with Crippen LogP contribution in [-0.4, -0.2) is 55.8 Å². The van der Waals surface area contributed by atoms with E-state index in [1.54, 1.807) is 18.2 Å². The van der Waals surface area contributed by atoms with Crippen molar-refractivity contribution in [2.45, 2.75) is 24.8 Å². The van der Waals surface area contributed by atoms with E-state index in [4.69, 9.17) is 11.6 Å². The predicted molar refractivity (Wildman–Crippen MR) is 111 cm³/mol. The van der Waals surface area contributed by atoms with Gasteiger partial charge < -0.3 is 5.32 Å². The summed E-state index contributed by atoms with van der Waals surface area (Å²) in [4.78, 5) is 14.7. The van der Waals surface area contributed by atoms with E-state index in [1.807, 2.05) is 43.0 Å². The number of rotatable bonds is 5. The molecule has 1 aliphatic rings. The zero-order valence-electron chi connectivity index (χ0n) is 15.9. The monoisotopic (exact) mass is 421 g/mol. The highest BCUT2D eigenvalue weighted by Gasteiger charge is 2.31. The minimum absolute atomic E-state index is 0.100. The molecular formula is C20H24ClN3O3S. The summed E-state index contributed by atoms with van der Waals surface area (Å²) in [5.41, 5.74) is 1.84. The van der Waals surface area contributed by atoms with Gasteiger partial charge in [0.2, 0.25) is 15.9 Å². The molecule has 1 unspecified atom stereocenters. The Balaban J connectivity index is 1.60. The van der Waals surface area contributed by atoms with Crippen LogP contribution in [0, 0.1) is 6.92 Å². The summed E-state index contributed by atoms with van der Waals surface area (Å²) < 4.78 is 27.0. The Hall–Kier alpha value is -1.93. The number of hydrogen-bond donors (Lipinski definition) is 1. The summed E-state index contributed by atoms with van der Waals surface area (Å²) >= 11 is 5.93. The molecule has 150 valence electrons. The van der Waals surface area contributed by atoms with Crippen molar-refractivity contribution < 1.29 is 13.2 Å². The first kappa shape index (κ1) is 20.8. The van der Waals surface area contributed by atoms with Crippen molar-refractivity contribution >= 4 is 33.2 Å². The van der Waals surface area contributed by atoms with Crippen molar-refractivity contribution in [3.8, 4) is 0 Å². The highest BCUT2D eigenvalue weighted by Crippen LogP contribution is 2.21. The van der Waals surface area contributed by atoms with Gasteiger partial charge in [-0.25, -0.2) is 8.42 Å². The maximum atomic E-state index is 12.8. The molecular weight excluding hydrogens is 398 g/mol. The quantitative estimate of drug-likeness (QED) is 0.805. The van der Waals surface area contributed by atoms with Crippen LogP contribution in [-0.2, 0) is 14.8 Å². The van der Waals surface area contributed by atoms with E-state index in [2.05, 4.69) is 5.32 Å². The van der Waals surface area contributed by atoms with E-state index in [0.717, 1.165) is 11.3 Å².